The standard InChI is InChI=1S/C12H26N2O/c1-8(2)6-10(5)14-12(15)7-11(13)9(3)4/h8-11H,6-7,13H2,1-5H3,(H,14,15). The Morgan fingerprint density at radius 2 is 1.73 bits per heavy atom. The highest BCUT2D eigenvalue weighted by Gasteiger charge is 2.14. The van der Waals surface area contributed by atoms with Gasteiger partial charge in [-0.25, -0.2) is 0 Å². The van der Waals surface area contributed by atoms with E-state index in [-0.39, 0.29) is 18.0 Å². The zero-order valence-corrected chi connectivity index (χ0v) is 10.7. The quantitative estimate of drug-likeness (QED) is 0.709. The molecule has 0 aromatic heterocycles. The number of amides is 1. The molecule has 0 heterocycles. The van der Waals surface area contributed by atoms with Crippen LogP contribution in [-0.2, 0) is 4.79 Å². The molecule has 0 rings (SSSR count). The van der Waals surface area contributed by atoms with Gasteiger partial charge in [-0.3, -0.25) is 4.79 Å². The van der Waals surface area contributed by atoms with Crippen LogP contribution in [-0.4, -0.2) is 18.0 Å². The molecule has 3 heteroatoms. The summed E-state index contributed by atoms with van der Waals surface area (Å²) in [5, 5.41) is 2.98. The normalized spacial score (nSPS) is 15.5. The molecule has 3 N–H and O–H groups in total. The summed E-state index contributed by atoms with van der Waals surface area (Å²) in [5.74, 6) is 1.04. The van der Waals surface area contributed by atoms with Gasteiger partial charge >= 0.3 is 0 Å². The number of nitrogens with one attached hydrogen (secondary N) is 1. The van der Waals surface area contributed by atoms with Gasteiger partial charge in [0.25, 0.3) is 0 Å². The number of carbonyl (C=O) groups excluding carboxylic acids is 1. The first-order valence-electron chi connectivity index (χ1n) is 5.87. The average molecular weight is 214 g/mol. The van der Waals surface area contributed by atoms with E-state index in [2.05, 4.69) is 19.2 Å². The molecule has 3 nitrogen and oxygen atoms in total. The van der Waals surface area contributed by atoms with Crippen molar-refractivity contribution in [2.24, 2.45) is 17.6 Å². The molecule has 0 bridgehead atoms. The monoisotopic (exact) mass is 214 g/mol. The Balaban J connectivity index is 3.83. The van der Waals surface area contributed by atoms with Crippen molar-refractivity contribution < 1.29 is 4.79 Å². The van der Waals surface area contributed by atoms with Gasteiger partial charge < -0.3 is 11.1 Å². The molecular weight excluding hydrogens is 188 g/mol. The molecule has 0 saturated carbocycles. The van der Waals surface area contributed by atoms with Gasteiger partial charge in [-0.15, -0.1) is 0 Å². The number of rotatable bonds is 6. The zero-order valence-electron chi connectivity index (χ0n) is 10.7. The molecule has 0 aromatic carbocycles. The van der Waals surface area contributed by atoms with E-state index < -0.39 is 0 Å². The Hall–Kier alpha value is -0.570. The molecule has 0 aromatic rings. The van der Waals surface area contributed by atoms with Crippen LogP contribution in [0.3, 0.4) is 0 Å². The first kappa shape index (κ1) is 14.4. The van der Waals surface area contributed by atoms with Crippen LogP contribution in [0, 0.1) is 11.8 Å². The second-order valence-electron chi connectivity index (χ2n) is 5.21. The Labute approximate surface area is 93.8 Å². The lowest BCUT2D eigenvalue weighted by Gasteiger charge is -2.19. The number of carbonyl (C=O) groups is 1. The van der Waals surface area contributed by atoms with Crippen LogP contribution in [0.2, 0.25) is 0 Å². The van der Waals surface area contributed by atoms with Gasteiger partial charge in [-0.1, -0.05) is 27.7 Å². The lowest BCUT2D eigenvalue weighted by atomic mass is 10.0. The third kappa shape index (κ3) is 7.37. The molecular formula is C12H26N2O. The van der Waals surface area contributed by atoms with Crippen molar-refractivity contribution in [3.8, 4) is 0 Å². The maximum atomic E-state index is 11.6. The highest BCUT2D eigenvalue weighted by Crippen LogP contribution is 2.06. The summed E-state index contributed by atoms with van der Waals surface area (Å²) >= 11 is 0. The summed E-state index contributed by atoms with van der Waals surface area (Å²) in [6, 6.07) is 0.216. The molecule has 0 saturated heterocycles. The predicted octanol–water partition coefficient (Wildman–Crippen LogP) is 1.91. The summed E-state index contributed by atoms with van der Waals surface area (Å²) in [6.45, 7) is 10.4. The molecule has 0 spiro atoms. The minimum absolute atomic E-state index is 0.0313. The van der Waals surface area contributed by atoms with E-state index >= 15 is 0 Å². The Kier molecular flexibility index (Phi) is 6.57. The molecule has 0 aliphatic rings. The Morgan fingerprint density at radius 1 is 1.20 bits per heavy atom. The van der Waals surface area contributed by atoms with Crippen molar-refractivity contribution in [1.82, 2.24) is 5.32 Å². The van der Waals surface area contributed by atoms with Crippen LogP contribution in [0.15, 0.2) is 0 Å². The van der Waals surface area contributed by atoms with Crippen LogP contribution in [0.4, 0.5) is 0 Å². The molecule has 2 unspecified atom stereocenters. The molecule has 90 valence electrons. The second-order valence-corrected chi connectivity index (χ2v) is 5.21. The zero-order chi connectivity index (χ0) is 12.0. The third-order valence-corrected chi connectivity index (χ3v) is 2.51. The van der Waals surface area contributed by atoms with E-state index in [0.717, 1.165) is 6.42 Å². The number of nitrogens with two attached hydrogens (primary N) is 1. The SMILES string of the molecule is CC(C)CC(C)NC(=O)CC(N)C(C)C. The number of hydrogen-bond donors (Lipinski definition) is 2. The molecule has 2 atom stereocenters. The fourth-order valence-electron chi connectivity index (χ4n) is 1.55. The predicted molar refractivity (Wildman–Crippen MR) is 64.5 cm³/mol. The lowest BCUT2D eigenvalue weighted by Crippen LogP contribution is -2.39. The van der Waals surface area contributed by atoms with E-state index in [1.54, 1.807) is 0 Å². The topological polar surface area (TPSA) is 55.1 Å². The smallest absolute Gasteiger partial charge is 0.221 e. The largest absolute Gasteiger partial charge is 0.354 e. The van der Waals surface area contributed by atoms with Crippen LogP contribution in [0.1, 0.15) is 47.5 Å². The van der Waals surface area contributed by atoms with Gasteiger partial charge in [0.2, 0.25) is 5.91 Å². The van der Waals surface area contributed by atoms with Crippen molar-refractivity contribution in [2.75, 3.05) is 0 Å². The maximum absolute atomic E-state index is 11.6. The average Bonchev–Trinajstić information content (AvgIpc) is 2.00. The Bertz CT molecular complexity index is 190. The molecule has 0 radical (unpaired) electrons. The van der Waals surface area contributed by atoms with Crippen molar-refractivity contribution >= 4 is 5.91 Å². The van der Waals surface area contributed by atoms with Gasteiger partial charge in [-0.2, -0.15) is 0 Å². The first-order valence-corrected chi connectivity index (χ1v) is 5.87. The third-order valence-electron chi connectivity index (χ3n) is 2.51. The van der Waals surface area contributed by atoms with E-state index in [1.807, 2.05) is 20.8 Å². The minimum atomic E-state index is -0.0313. The molecule has 15 heavy (non-hydrogen) atoms. The van der Waals surface area contributed by atoms with Crippen LogP contribution in [0.5, 0.6) is 0 Å². The highest BCUT2D eigenvalue weighted by molar-refractivity contribution is 5.76. The molecule has 0 fully saturated rings. The summed E-state index contributed by atoms with van der Waals surface area (Å²) in [7, 11) is 0. The first-order chi connectivity index (χ1) is 6.82. The maximum Gasteiger partial charge on any atom is 0.221 e. The van der Waals surface area contributed by atoms with Gasteiger partial charge in [0.05, 0.1) is 0 Å². The van der Waals surface area contributed by atoms with Crippen molar-refractivity contribution in [1.29, 1.82) is 0 Å². The fraction of sp³-hybridized carbons (Fsp3) is 0.917. The lowest BCUT2D eigenvalue weighted by molar-refractivity contribution is -0.122. The van der Waals surface area contributed by atoms with Crippen LogP contribution < -0.4 is 11.1 Å². The summed E-state index contributed by atoms with van der Waals surface area (Å²) in [5.41, 5.74) is 5.83. The summed E-state index contributed by atoms with van der Waals surface area (Å²) in [6.07, 6.45) is 1.45. The minimum Gasteiger partial charge on any atom is -0.354 e. The fourth-order valence-corrected chi connectivity index (χ4v) is 1.55. The second kappa shape index (κ2) is 6.83. The number of hydrogen-bond acceptors (Lipinski definition) is 2. The van der Waals surface area contributed by atoms with Gasteiger partial charge in [0, 0.05) is 18.5 Å². The summed E-state index contributed by atoms with van der Waals surface area (Å²) < 4.78 is 0. The van der Waals surface area contributed by atoms with Crippen molar-refractivity contribution in [2.45, 2.75) is 59.5 Å². The molecule has 0 aliphatic heterocycles. The Morgan fingerprint density at radius 3 is 2.13 bits per heavy atom. The van der Waals surface area contributed by atoms with Crippen LogP contribution >= 0.6 is 0 Å². The van der Waals surface area contributed by atoms with E-state index in [1.165, 1.54) is 0 Å². The van der Waals surface area contributed by atoms with Crippen molar-refractivity contribution in [3.05, 3.63) is 0 Å². The van der Waals surface area contributed by atoms with E-state index in [0.29, 0.717) is 18.3 Å². The molecule has 1 amide bonds. The van der Waals surface area contributed by atoms with Crippen molar-refractivity contribution in [3.63, 3.8) is 0 Å². The molecule has 0 aliphatic carbocycles. The highest BCUT2D eigenvalue weighted by atomic mass is 16.1. The van der Waals surface area contributed by atoms with Gasteiger partial charge in [-0.05, 0) is 25.2 Å². The van der Waals surface area contributed by atoms with E-state index in [4.69, 9.17) is 5.73 Å². The summed E-state index contributed by atoms with van der Waals surface area (Å²) in [4.78, 5) is 11.6. The van der Waals surface area contributed by atoms with Crippen LogP contribution in [0.25, 0.3) is 0 Å². The van der Waals surface area contributed by atoms with Gasteiger partial charge in [0.15, 0.2) is 0 Å². The van der Waals surface area contributed by atoms with E-state index in [9.17, 15) is 4.79 Å². The van der Waals surface area contributed by atoms with Gasteiger partial charge in [0.1, 0.15) is 0 Å².